The molecular weight excluding hydrogens is 467 g/mol. The number of rotatable bonds is 6. The van der Waals surface area contributed by atoms with Gasteiger partial charge in [-0.2, -0.15) is 0 Å². The van der Waals surface area contributed by atoms with Crippen LogP contribution in [0.5, 0.6) is 0 Å². The average Bonchev–Trinajstić information content (AvgIpc) is 3.13. The summed E-state index contributed by atoms with van der Waals surface area (Å²) in [5.74, 6) is 1.25. The van der Waals surface area contributed by atoms with Crippen molar-refractivity contribution in [3.8, 4) is 0 Å². The first-order chi connectivity index (χ1) is 16.9. The van der Waals surface area contributed by atoms with Gasteiger partial charge in [-0.1, -0.05) is 25.4 Å². The van der Waals surface area contributed by atoms with E-state index in [2.05, 4.69) is 28.5 Å². The molecule has 1 N–H and O–H groups in total. The Kier molecular flexibility index (Phi) is 8.09. The third-order valence-corrected chi connectivity index (χ3v) is 9.28. The van der Waals surface area contributed by atoms with Gasteiger partial charge in [-0.3, -0.25) is 4.90 Å². The van der Waals surface area contributed by atoms with Crippen LogP contribution >= 0.6 is 11.6 Å². The molecule has 0 bridgehead atoms. The fourth-order valence-corrected chi connectivity index (χ4v) is 6.88. The summed E-state index contributed by atoms with van der Waals surface area (Å²) in [5.41, 5.74) is 1.61. The minimum Gasteiger partial charge on any atom is -0.379 e. The first kappa shape index (κ1) is 25.5. The predicted octanol–water partition coefficient (Wildman–Crippen LogP) is 4.39. The van der Waals surface area contributed by atoms with E-state index in [-0.39, 0.29) is 11.1 Å². The molecule has 3 fully saturated rings. The lowest BCUT2D eigenvalue weighted by molar-refractivity contribution is 0.0376. The highest BCUT2D eigenvalue weighted by atomic mass is 35.5. The number of ether oxygens (including phenoxy) is 1. The summed E-state index contributed by atoms with van der Waals surface area (Å²) in [7, 11) is 0. The number of anilines is 2. The first-order valence-corrected chi connectivity index (χ1v) is 14.1. The third kappa shape index (κ3) is 5.45. The highest BCUT2D eigenvalue weighted by Gasteiger charge is 2.41. The van der Waals surface area contributed by atoms with Crippen LogP contribution in [0.2, 0.25) is 5.02 Å². The molecule has 2 saturated heterocycles. The zero-order valence-corrected chi connectivity index (χ0v) is 22.1. The van der Waals surface area contributed by atoms with Crippen molar-refractivity contribution >= 4 is 23.0 Å². The van der Waals surface area contributed by atoms with Crippen LogP contribution in [-0.4, -0.2) is 85.8 Å². The van der Waals surface area contributed by atoms with Crippen LogP contribution in [0.4, 0.5) is 15.8 Å². The van der Waals surface area contributed by atoms with E-state index < -0.39 is 12.2 Å². The van der Waals surface area contributed by atoms with Gasteiger partial charge in [0.15, 0.2) is 0 Å². The standard InChI is InChI=1S/C27H42ClFN4O2/c1-19(2)20-3-5-21(6-4-20)31-9-7-22(8-10-31)33-26-18-24(29)23(28)17-25(26)32(27(33)34)12-11-30-13-15-35-16-14-30/h17-22,27,34H,3-16H2,1-2H3. The van der Waals surface area contributed by atoms with Crippen molar-refractivity contribution in [2.75, 3.05) is 62.3 Å². The normalized spacial score (nSPS) is 29.3. The van der Waals surface area contributed by atoms with Crippen molar-refractivity contribution in [1.82, 2.24) is 9.80 Å². The minimum atomic E-state index is -0.790. The molecule has 1 unspecified atom stereocenters. The summed E-state index contributed by atoms with van der Waals surface area (Å²) in [4.78, 5) is 9.09. The summed E-state index contributed by atoms with van der Waals surface area (Å²) >= 11 is 6.19. The minimum absolute atomic E-state index is 0.112. The van der Waals surface area contributed by atoms with Crippen molar-refractivity contribution in [2.45, 2.75) is 70.8 Å². The topological polar surface area (TPSA) is 42.4 Å². The van der Waals surface area contributed by atoms with E-state index in [0.717, 1.165) is 82.0 Å². The summed E-state index contributed by atoms with van der Waals surface area (Å²) in [6.45, 7) is 11.6. The molecule has 0 radical (unpaired) electrons. The van der Waals surface area contributed by atoms with E-state index in [4.69, 9.17) is 16.3 Å². The molecule has 3 heterocycles. The molecule has 8 heteroatoms. The van der Waals surface area contributed by atoms with E-state index in [9.17, 15) is 9.50 Å². The zero-order chi connectivity index (χ0) is 24.5. The van der Waals surface area contributed by atoms with Crippen molar-refractivity contribution < 1.29 is 14.2 Å². The maximum absolute atomic E-state index is 14.5. The lowest BCUT2D eigenvalue weighted by atomic mass is 9.79. The Morgan fingerprint density at radius 1 is 0.943 bits per heavy atom. The number of aliphatic hydroxyl groups excluding tert-OH is 1. The number of piperidine rings is 1. The Labute approximate surface area is 214 Å². The van der Waals surface area contributed by atoms with Gasteiger partial charge >= 0.3 is 0 Å². The van der Waals surface area contributed by atoms with E-state index in [1.165, 1.54) is 31.7 Å². The molecular formula is C27H42ClFN4O2. The van der Waals surface area contributed by atoms with Crippen LogP contribution in [0.1, 0.15) is 52.4 Å². The largest absolute Gasteiger partial charge is 0.379 e. The molecule has 1 aromatic carbocycles. The van der Waals surface area contributed by atoms with Crippen LogP contribution in [0.3, 0.4) is 0 Å². The predicted molar refractivity (Wildman–Crippen MR) is 140 cm³/mol. The lowest BCUT2D eigenvalue weighted by Crippen LogP contribution is -2.54. The maximum atomic E-state index is 14.5. The molecule has 0 amide bonds. The number of nitrogens with zero attached hydrogens (tertiary/aromatic N) is 4. The Hall–Kier alpha value is -1.12. The van der Waals surface area contributed by atoms with Gasteiger partial charge in [0.1, 0.15) is 5.82 Å². The molecule has 1 aliphatic carbocycles. The number of morpholine rings is 1. The quantitative estimate of drug-likeness (QED) is 0.614. The molecule has 0 aromatic heterocycles. The fraction of sp³-hybridized carbons (Fsp3) is 0.778. The average molecular weight is 509 g/mol. The number of hydrogen-bond acceptors (Lipinski definition) is 6. The van der Waals surface area contributed by atoms with Crippen molar-refractivity contribution in [3.05, 3.63) is 23.0 Å². The molecule has 6 nitrogen and oxygen atoms in total. The summed E-state index contributed by atoms with van der Waals surface area (Å²) in [6, 6.07) is 4.11. The van der Waals surface area contributed by atoms with Crippen molar-refractivity contribution in [3.63, 3.8) is 0 Å². The molecule has 0 spiro atoms. The molecule has 1 atom stereocenters. The van der Waals surface area contributed by atoms with Crippen LogP contribution in [0.25, 0.3) is 0 Å². The van der Waals surface area contributed by atoms with Gasteiger partial charge < -0.3 is 24.5 Å². The van der Waals surface area contributed by atoms with E-state index in [0.29, 0.717) is 12.6 Å². The molecule has 196 valence electrons. The molecule has 5 rings (SSSR count). The first-order valence-electron chi connectivity index (χ1n) is 13.7. The number of aliphatic hydroxyl groups is 1. The summed E-state index contributed by atoms with van der Waals surface area (Å²) < 4.78 is 20.0. The maximum Gasteiger partial charge on any atom is 0.208 e. The second kappa shape index (κ2) is 11.1. The molecule has 4 aliphatic rings. The molecule has 35 heavy (non-hydrogen) atoms. The Bertz CT molecular complexity index is 852. The zero-order valence-electron chi connectivity index (χ0n) is 21.3. The van der Waals surface area contributed by atoms with Gasteiger partial charge in [-0.05, 0) is 56.4 Å². The van der Waals surface area contributed by atoms with E-state index >= 15 is 0 Å². The highest BCUT2D eigenvalue weighted by Crippen LogP contribution is 2.44. The van der Waals surface area contributed by atoms with Gasteiger partial charge in [-0.25, -0.2) is 4.39 Å². The highest BCUT2D eigenvalue weighted by molar-refractivity contribution is 6.31. The Balaban J connectivity index is 1.24. The number of likely N-dealkylation sites (tertiary alicyclic amines) is 1. The fourth-order valence-electron chi connectivity index (χ4n) is 6.72. The summed E-state index contributed by atoms with van der Waals surface area (Å²) in [5, 5.41) is 11.6. The second-order valence-corrected chi connectivity index (χ2v) is 11.6. The smallest absolute Gasteiger partial charge is 0.208 e. The Morgan fingerprint density at radius 2 is 1.63 bits per heavy atom. The number of fused-ring (bicyclic) bond motifs is 1. The SMILES string of the molecule is CC(C)C1CCC(N2CCC(N3c4cc(F)c(Cl)cc4N(CCN4CCOCC4)C3O)CC2)CC1. The Morgan fingerprint density at radius 3 is 2.29 bits per heavy atom. The van der Waals surface area contributed by atoms with Crippen molar-refractivity contribution in [2.24, 2.45) is 11.8 Å². The van der Waals surface area contributed by atoms with Crippen LogP contribution in [0, 0.1) is 17.7 Å². The number of halogens is 2. The molecule has 1 aromatic rings. The van der Waals surface area contributed by atoms with Gasteiger partial charge in [0, 0.05) is 57.4 Å². The lowest BCUT2D eigenvalue weighted by Gasteiger charge is -2.44. The van der Waals surface area contributed by atoms with E-state index in [1.807, 2.05) is 4.90 Å². The molecule has 3 aliphatic heterocycles. The third-order valence-electron chi connectivity index (χ3n) is 8.99. The molecule has 1 saturated carbocycles. The van der Waals surface area contributed by atoms with Gasteiger partial charge in [-0.15, -0.1) is 0 Å². The van der Waals surface area contributed by atoms with Gasteiger partial charge in [0.25, 0.3) is 0 Å². The van der Waals surface area contributed by atoms with Gasteiger partial charge in [0.2, 0.25) is 6.35 Å². The van der Waals surface area contributed by atoms with Crippen LogP contribution in [-0.2, 0) is 4.74 Å². The van der Waals surface area contributed by atoms with Crippen molar-refractivity contribution in [1.29, 1.82) is 0 Å². The monoisotopic (exact) mass is 508 g/mol. The number of benzene rings is 1. The van der Waals surface area contributed by atoms with Crippen LogP contribution in [0.15, 0.2) is 12.1 Å². The van der Waals surface area contributed by atoms with Crippen LogP contribution < -0.4 is 9.80 Å². The van der Waals surface area contributed by atoms with Gasteiger partial charge in [0.05, 0.1) is 29.6 Å². The number of hydrogen-bond donors (Lipinski definition) is 1. The second-order valence-electron chi connectivity index (χ2n) is 11.2. The summed E-state index contributed by atoms with van der Waals surface area (Å²) in [6.07, 6.45) is 6.49. The van der Waals surface area contributed by atoms with E-state index in [1.54, 1.807) is 6.07 Å².